The van der Waals surface area contributed by atoms with Gasteiger partial charge in [0.25, 0.3) is 0 Å². The van der Waals surface area contributed by atoms with Crippen molar-refractivity contribution in [2.24, 2.45) is 11.8 Å². The van der Waals surface area contributed by atoms with Crippen LogP contribution in [0.15, 0.2) is 103 Å². The molecular formula is C35H37NO9. The number of esters is 2. The minimum Gasteiger partial charge on any atom is -0.449 e. The highest BCUT2D eigenvalue weighted by atomic mass is 16.5. The summed E-state index contributed by atoms with van der Waals surface area (Å²) in [4.78, 5) is 27.7. The normalized spacial score (nSPS) is 22.1. The SMILES string of the molecule is O=C(OCNC[C@H](O)[C@@H](O)[C@H](O)[C@H](O)CO)C1[C@H](c2ccccc2)C(C(=O)Oc2cccc3ccccc23)[C@H]1c1ccccc1. The Hall–Kier alpha value is -4.16. The van der Waals surface area contributed by atoms with Crippen molar-refractivity contribution in [3.05, 3.63) is 114 Å². The molecule has 0 bridgehead atoms. The van der Waals surface area contributed by atoms with Gasteiger partial charge in [0, 0.05) is 23.8 Å². The maximum atomic E-state index is 14.0. The van der Waals surface area contributed by atoms with Gasteiger partial charge in [0.15, 0.2) is 0 Å². The molecule has 0 spiro atoms. The lowest BCUT2D eigenvalue weighted by molar-refractivity contribution is -0.164. The lowest BCUT2D eigenvalue weighted by Gasteiger charge is -2.49. The van der Waals surface area contributed by atoms with E-state index in [1.54, 1.807) is 6.07 Å². The summed E-state index contributed by atoms with van der Waals surface area (Å²) in [6, 6.07) is 31.7. The van der Waals surface area contributed by atoms with Gasteiger partial charge in [0.05, 0.1) is 24.5 Å². The highest BCUT2D eigenvalue weighted by Gasteiger charge is 2.59. The molecule has 6 N–H and O–H groups in total. The number of ether oxygens (including phenoxy) is 2. The van der Waals surface area contributed by atoms with Crippen molar-refractivity contribution in [2.45, 2.75) is 36.3 Å². The van der Waals surface area contributed by atoms with Crippen molar-refractivity contribution < 1.29 is 44.6 Å². The summed E-state index contributed by atoms with van der Waals surface area (Å²) in [5.74, 6) is -3.12. The number of fused-ring (bicyclic) bond motifs is 1. The first-order valence-corrected chi connectivity index (χ1v) is 14.8. The van der Waals surface area contributed by atoms with Crippen molar-refractivity contribution in [1.82, 2.24) is 5.32 Å². The van der Waals surface area contributed by atoms with Crippen LogP contribution in [0, 0.1) is 11.8 Å². The second-order valence-electron chi connectivity index (χ2n) is 11.2. The Morgan fingerprint density at radius 2 is 1.20 bits per heavy atom. The second kappa shape index (κ2) is 14.7. The number of carbonyl (C=O) groups is 2. The Bertz CT molecular complexity index is 1510. The quantitative estimate of drug-likeness (QED) is 0.0568. The number of carbonyl (C=O) groups excluding carboxylic acids is 2. The summed E-state index contributed by atoms with van der Waals surface area (Å²) in [5.41, 5.74) is 1.57. The monoisotopic (exact) mass is 615 g/mol. The predicted octanol–water partition coefficient (Wildman–Crippen LogP) is 2.09. The van der Waals surface area contributed by atoms with Crippen molar-refractivity contribution in [3.63, 3.8) is 0 Å². The molecule has 0 saturated heterocycles. The third-order valence-electron chi connectivity index (χ3n) is 8.42. The van der Waals surface area contributed by atoms with Crippen LogP contribution >= 0.6 is 0 Å². The number of nitrogens with one attached hydrogen (secondary N) is 1. The van der Waals surface area contributed by atoms with E-state index in [9.17, 15) is 30.0 Å². The van der Waals surface area contributed by atoms with Gasteiger partial charge >= 0.3 is 11.9 Å². The second-order valence-corrected chi connectivity index (χ2v) is 11.2. The number of benzene rings is 4. The molecule has 0 aromatic heterocycles. The number of hydrogen-bond donors (Lipinski definition) is 6. The largest absolute Gasteiger partial charge is 0.449 e. The average Bonchev–Trinajstić information content (AvgIpc) is 3.06. The zero-order valence-corrected chi connectivity index (χ0v) is 24.4. The fourth-order valence-corrected chi connectivity index (χ4v) is 6.08. The molecule has 0 aliphatic heterocycles. The van der Waals surface area contributed by atoms with Crippen LogP contribution in [-0.4, -0.2) is 81.8 Å². The molecule has 236 valence electrons. The summed E-state index contributed by atoms with van der Waals surface area (Å²) in [5, 5.41) is 53.0. The average molecular weight is 616 g/mol. The minimum absolute atomic E-state index is 0.279. The predicted molar refractivity (Wildman–Crippen MR) is 165 cm³/mol. The summed E-state index contributed by atoms with van der Waals surface area (Å²) in [6.45, 7) is -1.40. The molecule has 1 aliphatic rings. The smallest absolute Gasteiger partial charge is 0.315 e. The summed E-state index contributed by atoms with van der Waals surface area (Å²) in [7, 11) is 0. The molecule has 1 saturated carbocycles. The molecule has 1 aliphatic carbocycles. The van der Waals surface area contributed by atoms with E-state index in [0.29, 0.717) is 5.75 Å². The Morgan fingerprint density at radius 1 is 0.667 bits per heavy atom. The topological polar surface area (TPSA) is 166 Å². The van der Waals surface area contributed by atoms with Crippen LogP contribution in [0.25, 0.3) is 10.8 Å². The van der Waals surface area contributed by atoms with Gasteiger partial charge in [-0.3, -0.25) is 14.9 Å². The Labute approximate surface area is 260 Å². The highest BCUT2D eigenvalue weighted by Crippen LogP contribution is 2.58. The molecule has 10 nitrogen and oxygen atoms in total. The Balaban J connectivity index is 1.36. The molecule has 0 radical (unpaired) electrons. The molecule has 4 aromatic carbocycles. The lowest BCUT2D eigenvalue weighted by atomic mass is 9.52. The van der Waals surface area contributed by atoms with Gasteiger partial charge in [-0.2, -0.15) is 0 Å². The van der Waals surface area contributed by atoms with Gasteiger partial charge in [0.1, 0.15) is 30.8 Å². The first-order chi connectivity index (χ1) is 21.8. The molecule has 10 heteroatoms. The number of rotatable bonds is 13. The molecule has 0 amide bonds. The maximum absolute atomic E-state index is 14.0. The van der Waals surface area contributed by atoms with Crippen LogP contribution in [-0.2, 0) is 14.3 Å². The Morgan fingerprint density at radius 3 is 1.82 bits per heavy atom. The van der Waals surface area contributed by atoms with Gasteiger partial charge in [0.2, 0.25) is 0 Å². The standard InChI is InChI=1S/C35H37NO9/c37-19-26(39)33(41)32(40)25(38)18-36-20-44-34(42)30-28(22-11-3-1-4-12-22)31(29(30)23-13-5-2-6-14-23)35(43)45-27-17-9-15-21-10-7-8-16-24(21)27/h1-17,25-26,28-33,36-41H,18-20H2/t25-,26+,28-,29-,30?,31?,32+,33+/m0/s1. The highest BCUT2D eigenvalue weighted by molar-refractivity contribution is 5.92. The molecule has 1 fully saturated rings. The van der Waals surface area contributed by atoms with E-state index in [4.69, 9.17) is 14.6 Å². The third kappa shape index (κ3) is 7.07. The van der Waals surface area contributed by atoms with Crippen LogP contribution < -0.4 is 10.1 Å². The molecule has 5 rings (SSSR count). The molecule has 45 heavy (non-hydrogen) atoms. The van der Waals surface area contributed by atoms with E-state index < -0.39 is 66.6 Å². The van der Waals surface area contributed by atoms with E-state index in [2.05, 4.69) is 5.32 Å². The minimum atomic E-state index is -1.77. The van der Waals surface area contributed by atoms with Crippen LogP contribution in [0.5, 0.6) is 5.75 Å². The maximum Gasteiger partial charge on any atom is 0.315 e. The van der Waals surface area contributed by atoms with E-state index >= 15 is 0 Å². The van der Waals surface area contributed by atoms with Crippen molar-refractivity contribution in [1.29, 1.82) is 0 Å². The number of hydrogen-bond acceptors (Lipinski definition) is 10. The summed E-state index contributed by atoms with van der Waals surface area (Å²) in [6.07, 6.45) is -6.67. The summed E-state index contributed by atoms with van der Waals surface area (Å²) < 4.78 is 11.6. The van der Waals surface area contributed by atoms with Gasteiger partial charge in [-0.15, -0.1) is 0 Å². The zero-order chi connectivity index (χ0) is 31.9. The van der Waals surface area contributed by atoms with Crippen molar-refractivity contribution in [2.75, 3.05) is 19.9 Å². The first kappa shape index (κ1) is 32.2. The van der Waals surface area contributed by atoms with Crippen LogP contribution in [0.1, 0.15) is 23.0 Å². The zero-order valence-electron chi connectivity index (χ0n) is 24.4. The Kier molecular flexibility index (Phi) is 10.6. The number of aliphatic hydroxyl groups is 5. The fourth-order valence-electron chi connectivity index (χ4n) is 6.08. The molecule has 6 atom stereocenters. The van der Waals surface area contributed by atoms with Crippen LogP contribution in [0.4, 0.5) is 0 Å². The van der Waals surface area contributed by atoms with Gasteiger partial charge in [-0.05, 0) is 22.6 Å². The first-order valence-electron chi connectivity index (χ1n) is 14.8. The van der Waals surface area contributed by atoms with Gasteiger partial charge in [-0.1, -0.05) is 97.1 Å². The molecule has 0 unspecified atom stereocenters. The molecule has 0 heterocycles. The summed E-state index contributed by atoms with van der Waals surface area (Å²) >= 11 is 0. The van der Waals surface area contributed by atoms with E-state index in [1.807, 2.05) is 97.1 Å². The van der Waals surface area contributed by atoms with Gasteiger partial charge in [-0.25, -0.2) is 0 Å². The van der Waals surface area contributed by atoms with Gasteiger partial charge < -0.3 is 35.0 Å². The van der Waals surface area contributed by atoms with Crippen molar-refractivity contribution in [3.8, 4) is 5.75 Å². The van der Waals surface area contributed by atoms with E-state index in [1.165, 1.54) is 0 Å². The number of aliphatic hydroxyl groups excluding tert-OH is 5. The molecular weight excluding hydrogens is 578 g/mol. The van der Waals surface area contributed by atoms with Crippen molar-refractivity contribution >= 4 is 22.7 Å². The van der Waals surface area contributed by atoms with E-state index in [-0.39, 0.29) is 13.3 Å². The van der Waals surface area contributed by atoms with Crippen LogP contribution in [0.2, 0.25) is 0 Å². The van der Waals surface area contributed by atoms with Crippen LogP contribution in [0.3, 0.4) is 0 Å². The van der Waals surface area contributed by atoms with E-state index in [0.717, 1.165) is 21.9 Å². The lowest BCUT2D eigenvalue weighted by Crippen LogP contribution is -2.53. The third-order valence-corrected chi connectivity index (χ3v) is 8.42. The molecule has 4 aromatic rings. The fraction of sp³-hybridized carbons (Fsp3) is 0.314.